The summed E-state index contributed by atoms with van der Waals surface area (Å²) in [5.41, 5.74) is 3.66. The van der Waals surface area contributed by atoms with Gasteiger partial charge in [0.05, 0.1) is 37.1 Å². The molecule has 2 heterocycles. The molecule has 172 valence electrons. The van der Waals surface area contributed by atoms with E-state index in [0.717, 1.165) is 25.7 Å². The SMILES string of the molecule is COCC(=O)N[C@@H]1C[C@@H]2O[C@@H](CO)CC[C@@H]2O[C@@H]1CCc1ccc(-c2ccccc2)cc1. The first kappa shape index (κ1) is 22.9. The third kappa shape index (κ3) is 5.75. The van der Waals surface area contributed by atoms with E-state index in [1.807, 2.05) is 18.2 Å². The molecule has 0 aliphatic carbocycles. The van der Waals surface area contributed by atoms with Crippen LogP contribution in [0.25, 0.3) is 11.1 Å². The molecule has 5 atom stereocenters. The first-order valence-electron chi connectivity index (χ1n) is 11.5. The van der Waals surface area contributed by atoms with Crippen molar-refractivity contribution >= 4 is 5.91 Å². The molecule has 2 aliphatic heterocycles. The Bertz CT molecular complexity index is 856. The standard InChI is InChI=1S/C26H33NO5/c1-30-17-26(29)27-22-15-25-24(14-12-21(16-28)31-25)32-23(22)13-9-18-7-10-20(11-8-18)19-5-3-2-4-6-19/h2-8,10-11,21-25,28H,9,12-17H2,1H3,(H,27,29)/t21-,22-,23-,24+,25+/m1/s1. The number of aliphatic hydroxyl groups is 1. The van der Waals surface area contributed by atoms with Gasteiger partial charge in [0.1, 0.15) is 6.61 Å². The number of carbonyl (C=O) groups excluding carboxylic acids is 1. The summed E-state index contributed by atoms with van der Waals surface area (Å²) in [7, 11) is 1.51. The van der Waals surface area contributed by atoms with Crippen molar-refractivity contribution in [2.75, 3.05) is 20.3 Å². The number of nitrogens with one attached hydrogen (secondary N) is 1. The number of carbonyl (C=O) groups is 1. The molecule has 0 saturated carbocycles. The van der Waals surface area contributed by atoms with Crippen LogP contribution in [0.4, 0.5) is 0 Å². The topological polar surface area (TPSA) is 77.0 Å². The fourth-order valence-electron chi connectivity index (χ4n) is 4.76. The van der Waals surface area contributed by atoms with Gasteiger partial charge >= 0.3 is 0 Å². The Balaban J connectivity index is 1.40. The van der Waals surface area contributed by atoms with Gasteiger partial charge in [0, 0.05) is 7.11 Å². The Kier molecular flexibility index (Phi) is 7.92. The summed E-state index contributed by atoms with van der Waals surface area (Å²) in [5, 5.41) is 12.5. The third-order valence-corrected chi connectivity index (χ3v) is 6.44. The quantitative estimate of drug-likeness (QED) is 0.661. The number of aliphatic hydroxyl groups excluding tert-OH is 1. The van der Waals surface area contributed by atoms with E-state index in [9.17, 15) is 9.90 Å². The van der Waals surface area contributed by atoms with Crippen LogP contribution >= 0.6 is 0 Å². The number of hydrogen-bond acceptors (Lipinski definition) is 5. The minimum Gasteiger partial charge on any atom is -0.394 e. The van der Waals surface area contributed by atoms with Gasteiger partial charge in [-0.1, -0.05) is 54.6 Å². The van der Waals surface area contributed by atoms with Crippen LogP contribution < -0.4 is 5.32 Å². The van der Waals surface area contributed by atoms with Gasteiger partial charge in [0.25, 0.3) is 0 Å². The molecule has 0 bridgehead atoms. The van der Waals surface area contributed by atoms with Crippen molar-refractivity contribution in [1.29, 1.82) is 0 Å². The normalized spacial score (nSPS) is 27.5. The average Bonchev–Trinajstić information content (AvgIpc) is 2.83. The Morgan fingerprint density at radius 1 is 1.03 bits per heavy atom. The van der Waals surface area contributed by atoms with Gasteiger partial charge in [0.2, 0.25) is 5.91 Å². The van der Waals surface area contributed by atoms with Gasteiger partial charge in [-0.25, -0.2) is 0 Å². The highest BCUT2D eigenvalue weighted by Crippen LogP contribution is 2.33. The van der Waals surface area contributed by atoms with Crippen molar-refractivity contribution in [3.8, 4) is 11.1 Å². The number of methoxy groups -OCH3 is 1. The zero-order chi connectivity index (χ0) is 22.3. The molecule has 2 aromatic carbocycles. The summed E-state index contributed by atoms with van der Waals surface area (Å²) in [6, 6.07) is 18.9. The van der Waals surface area contributed by atoms with E-state index >= 15 is 0 Å². The molecule has 2 aliphatic rings. The van der Waals surface area contributed by atoms with E-state index in [2.05, 4.69) is 41.7 Å². The third-order valence-electron chi connectivity index (χ3n) is 6.44. The van der Waals surface area contributed by atoms with Crippen LogP contribution in [0.3, 0.4) is 0 Å². The predicted octanol–water partition coefficient (Wildman–Crippen LogP) is 3.11. The summed E-state index contributed by atoms with van der Waals surface area (Å²) in [6.45, 7) is 0.0463. The number of rotatable bonds is 8. The van der Waals surface area contributed by atoms with Gasteiger partial charge in [-0.05, 0) is 48.8 Å². The fraction of sp³-hybridized carbons (Fsp3) is 0.500. The van der Waals surface area contributed by atoms with Crippen molar-refractivity contribution in [3.63, 3.8) is 0 Å². The Morgan fingerprint density at radius 2 is 1.78 bits per heavy atom. The number of ether oxygens (including phenoxy) is 3. The second-order valence-electron chi connectivity index (χ2n) is 8.71. The van der Waals surface area contributed by atoms with Crippen LogP contribution in [-0.2, 0) is 25.4 Å². The molecule has 32 heavy (non-hydrogen) atoms. The Morgan fingerprint density at radius 3 is 2.50 bits per heavy atom. The number of aryl methyl sites for hydroxylation is 1. The lowest BCUT2D eigenvalue weighted by atomic mass is 9.88. The smallest absolute Gasteiger partial charge is 0.246 e. The van der Waals surface area contributed by atoms with Gasteiger partial charge in [0.15, 0.2) is 0 Å². The van der Waals surface area contributed by atoms with Gasteiger partial charge < -0.3 is 24.6 Å². The first-order valence-corrected chi connectivity index (χ1v) is 11.5. The molecule has 2 N–H and O–H groups in total. The fourth-order valence-corrected chi connectivity index (χ4v) is 4.76. The van der Waals surface area contributed by atoms with Crippen molar-refractivity contribution in [1.82, 2.24) is 5.32 Å². The molecule has 0 unspecified atom stereocenters. The zero-order valence-electron chi connectivity index (χ0n) is 18.6. The lowest BCUT2D eigenvalue weighted by molar-refractivity contribution is -0.203. The molecular weight excluding hydrogens is 406 g/mol. The second-order valence-corrected chi connectivity index (χ2v) is 8.71. The van der Waals surface area contributed by atoms with E-state index < -0.39 is 0 Å². The Hall–Kier alpha value is -2.25. The maximum atomic E-state index is 12.2. The van der Waals surface area contributed by atoms with Gasteiger partial charge in [-0.3, -0.25) is 4.79 Å². The average molecular weight is 440 g/mol. The highest BCUT2D eigenvalue weighted by atomic mass is 16.6. The zero-order valence-corrected chi connectivity index (χ0v) is 18.6. The van der Waals surface area contributed by atoms with Crippen LogP contribution in [0, 0.1) is 0 Å². The van der Waals surface area contributed by atoms with Crippen molar-refractivity contribution in [2.24, 2.45) is 0 Å². The van der Waals surface area contributed by atoms with Crippen LogP contribution in [0.1, 0.15) is 31.2 Å². The summed E-state index contributed by atoms with van der Waals surface area (Å²) < 4.78 is 17.4. The van der Waals surface area contributed by atoms with Crippen LogP contribution in [0.15, 0.2) is 54.6 Å². The van der Waals surface area contributed by atoms with E-state index in [1.165, 1.54) is 23.8 Å². The minimum atomic E-state index is -0.147. The van der Waals surface area contributed by atoms with Gasteiger partial charge in [-0.2, -0.15) is 0 Å². The monoisotopic (exact) mass is 439 g/mol. The van der Waals surface area contributed by atoms with Crippen molar-refractivity contribution < 1.29 is 24.1 Å². The number of fused-ring (bicyclic) bond motifs is 1. The van der Waals surface area contributed by atoms with Crippen LogP contribution in [-0.4, -0.2) is 61.8 Å². The molecule has 0 spiro atoms. The maximum absolute atomic E-state index is 12.2. The first-order chi connectivity index (χ1) is 15.7. The second kappa shape index (κ2) is 11.1. The van der Waals surface area contributed by atoms with E-state index in [0.29, 0.717) is 6.42 Å². The lowest BCUT2D eigenvalue weighted by Crippen LogP contribution is -2.57. The molecule has 1 amide bonds. The van der Waals surface area contributed by atoms with Crippen LogP contribution in [0.5, 0.6) is 0 Å². The molecule has 4 rings (SSSR count). The molecule has 6 heteroatoms. The summed E-state index contributed by atoms with van der Waals surface area (Å²) in [5.74, 6) is -0.147. The summed E-state index contributed by atoms with van der Waals surface area (Å²) in [6.07, 6.45) is 3.73. The molecule has 6 nitrogen and oxygen atoms in total. The van der Waals surface area contributed by atoms with Crippen molar-refractivity contribution in [3.05, 3.63) is 60.2 Å². The number of hydrogen-bond donors (Lipinski definition) is 2. The maximum Gasteiger partial charge on any atom is 0.246 e. The lowest BCUT2D eigenvalue weighted by Gasteiger charge is -2.45. The summed E-state index contributed by atoms with van der Waals surface area (Å²) in [4.78, 5) is 12.2. The number of benzene rings is 2. The Labute approximate surface area is 189 Å². The predicted molar refractivity (Wildman–Crippen MR) is 122 cm³/mol. The minimum absolute atomic E-state index is 0.0128. The highest BCUT2D eigenvalue weighted by molar-refractivity contribution is 5.77. The molecule has 0 radical (unpaired) electrons. The molecule has 0 aromatic heterocycles. The van der Waals surface area contributed by atoms with Crippen LogP contribution in [0.2, 0.25) is 0 Å². The van der Waals surface area contributed by atoms with E-state index in [-0.39, 0.29) is 49.6 Å². The molecule has 2 fully saturated rings. The van der Waals surface area contributed by atoms with E-state index in [1.54, 1.807) is 0 Å². The van der Waals surface area contributed by atoms with E-state index in [4.69, 9.17) is 14.2 Å². The summed E-state index contributed by atoms with van der Waals surface area (Å²) >= 11 is 0. The largest absolute Gasteiger partial charge is 0.394 e. The molecular formula is C26H33NO5. The number of amides is 1. The molecule has 2 saturated heterocycles. The highest BCUT2D eigenvalue weighted by Gasteiger charge is 2.42. The van der Waals surface area contributed by atoms with Crippen molar-refractivity contribution in [2.45, 2.75) is 62.6 Å². The van der Waals surface area contributed by atoms with Gasteiger partial charge in [-0.15, -0.1) is 0 Å². The molecule has 2 aromatic rings.